The Morgan fingerprint density at radius 2 is 1.48 bits per heavy atom. The van der Waals surface area contributed by atoms with Gasteiger partial charge in [0.05, 0.1) is 21.3 Å². The van der Waals surface area contributed by atoms with Crippen LogP contribution >= 0.6 is 0 Å². The van der Waals surface area contributed by atoms with Crippen LogP contribution in [0.25, 0.3) is 0 Å². The van der Waals surface area contributed by atoms with Crippen LogP contribution in [0.2, 0.25) is 0 Å². The van der Waals surface area contributed by atoms with Crippen molar-refractivity contribution in [3.63, 3.8) is 0 Å². The van der Waals surface area contributed by atoms with E-state index in [-0.39, 0.29) is 5.91 Å². The molecule has 122 valence electrons. The minimum atomic E-state index is -0.192. The van der Waals surface area contributed by atoms with Crippen LogP contribution in [0.3, 0.4) is 0 Å². The average Bonchev–Trinajstić information content (AvgIpc) is 2.56. The molecule has 0 aromatic heterocycles. The lowest BCUT2D eigenvalue weighted by molar-refractivity contribution is 0.102. The Morgan fingerprint density at radius 3 is 1.96 bits per heavy atom. The van der Waals surface area contributed by atoms with E-state index in [1.54, 1.807) is 18.2 Å². The highest BCUT2D eigenvalue weighted by Gasteiger charge is 2.15. The van der Waals surface area contributed by atoms with Crippen LogP contribution in [-0.2, 0) is 0 Å². The van der Waals surface area contributed by atoms with Crippen molar-refractivity contribution in [3.8, 4) is 17.2 Å². The summed E-state index contributed by atoms with van der Waals surface area (Å²) in [5.74, 6) is 1.27. The molecule has 0 unspecified atom stereocenters. The number of benzene rings is 2. The molecular weight excluding hydrogens is 294 g/mol. The molecule has 1 N–H and O–H groups in total. The van der Waals surface area contributed by atoms with Gasteiger partial charge in [-0.25, -0.2) is 0 Å². The molecule has 2 rings (SSSR count). The third-order valence-corrected chi connectivity index (χ3v) is 3.69. The van der Waals surface area contributed by atoms with Crippen molar-refractivity contribution in [1.29, 1.82) is 0 Å². The zero-order valence-corrected chi connectivity index (χ0v) is 14.0. The van der Waals surface area contributed by atoms with E-state index in [1.165, 1.54) is 21.3 Å². The Bertz CT molecular complexity index is 700. The van der Waals surface area contributed by atoms with Gasteiger partial charge in [-0.2, -0.15) is 0 Å². The van der Waals surface area contributed by atoms with Gasteiger partial charge in [0.1, 0.15) is 0 Å². The normalized spacial score (nSPS) is 10.1. The van der Waals surface area contributed by atoms with E-state index in [0.29, 0.717) is 28.5 Å². The van der Waals surface area contributed by atoms with E-state index in [0.717, 1.165) is 11.1 Å². The fourth-order valence-electron chi connectivity index (χ4n) is 2.24. The molecule has 0 atom stereocenters. The predicted octanol–water partition coefficient (Wildman–Crippen LogP) is 3.58. The van der Waals surface area contributed by atoms with Gasteiger partial charge < -0.3 is 19.5 Å². The lowest BCUT2D eigenvalue weighted by Crippen LogP contribution is -2.12. The fourth-order valence-corrected chi connectivity index (χ4v) is 2.24. The lowest BCUT2D eigenvalue weighted by Gasteiger charge is -2.14. The Hall–Kier alpha value is -2.69. The number of methoxy groups -OCH3 is 3. The SMILES string of the molecule is COc1cc(NC(=O)c2ccc(C)c(C)c2)cc(OC)c1OC. The molecule has 2 aromatic rings. The number of aryl methyl sites for hydroxylation is 2. The number of carbonyl (C=O) groups excluding carboxylic acids is 1. The Balaban J connectivity index is 2.31. The quantitative estimate of drug-likeness (QED) is 0.916. The molecule has 0 aliphatic heterocycles. The van der Waals surface area contributed by atoms with Gasteiger partial charge in [0.2, 0.25) is 5.75 Å². The smallest absolute Gasteiger partial charge is 0.255 e. The summed E-state index contributed by atoms with van der Waals surface area (Å²) in [4.78, 5) is 12.4. The van der Waals surface area contributed by atoms with E-state index < -0.39 is 0 Å². The van der Waals surface area contributed by atoms with Crippen molar-refractivity contribution in [2.45, 2.75) is 13.8 Å². The highest BCUT2D eigenvalue weighted by molar-refractivity contribution is 6.04. The van der Waals surface area contributed by atoms with Crippen LogP contribution in [0.15, 0.2) is 30.3 Å². The van der Waals surface area contributed by atoms with E-state index >= 15 is 0 Å². The van der Waals surface area contributed by atoms with Gasteiger partial charge in [0.25, 0.3) is 5.91 Å². The number of rotatable bonds is 5. The van der Waals surface area contributed by atoms with Crippen molar-refractivity contribution in [3.05, 3.63) is 47.0 Å². The Labute approximate surface area is 136 Å². The van der Waals surface area contributed by atoms with Crippen molar-refractivity contribution >= 4 is 11.6 Å². The molecule has 0 fully saturated rings. The first-order valence-corrected chi connectivity index (χ1v) is 7.18. The fraction of sp³-hybridized carbons (Fsp3) is 0.278. The third-order valence-electron chi connectivity index (χ3n) is 3.69. The van der Waals surface area contributed by atoms with Crippen LogP contribution in [0.5, 0.6) is 17.2 Å². The van der Waals surface area contributed by atoms with Crippen molar-refractivity contribution in [1.82, 2.24) is 0 Å². The molecule has 2 aromatic carbocycles. The molecule has 0 saturated carbocycles. The van der Waals surface area contributed by atoms with E-state index in [2.05, 4.69) is 5.32 Å². The summed E-state index contributed by atoms with van der Waals surface area (Å²) in [6, 6.07) is 8.98. The number of carbonyl (C=O) groups is 1. The molecule has 0 aliphatic carbocycles. The van der Waals surface area contributed by atoms with Gasteiger partial charge in [-0.05, 0) is 37.1 Å². The molecule has 0 saturated heterocycles. The minimum absolute atomic E-state index is 0.192. The van der Waals surface area contributed by atoms with Gasteiger partial charge in [-0.15, -0.1) is 0 Å². The minimum Gasteiger partial charge on any atom is -0.493 e. The van der Waals surface area contributed by atoms with Crippen molar-refractivity contribution in [2.24, 2.45) is 0 Å². The first kappa shape index (κ1) is 16.7. The second-order valence-electron chi connectivity index (χ2n) is 5.17. The van der Waals surface area contributed by atoms with Crippen LogP contribution in [0.4, 0.5) is 5.69 Å². The molecular formula is C18H21NO4. The largest absolute Gasteiger partial charge is 0.493 e. The van der Waals surface area contributed by atoms with Crippen LogP contribution < -0.4 is 19.5 Å². The average molecular weight is 315 g/mol. The highest BCUT2D eigenvalue weighted by atomic mass is 16.5. The lowest BCUT2D eigenvalue weighted by atomic mass is 10.1. The van der Waals surface area contributed by atoms with E-state index in [1.807, 2.05) is 26.0 Å². The summed E-state index contributed by atoms with van der Waals surface area (Å²) in [7, 11) is 4.60. The summed E-state index contributed by atoms with van der Waals surface area (Å²) < 4.78 is 15.8. The standard InChI is InChI=1S/C18H21NO4/c1-11-6-7-13(8-12(11)2)18(20)19-14-9-15(21-3)17(23-5)16(10-14)22-4/h6-10H,1-5H3,(H,19,20). The highest BCUT2D eigenvalue weighted by Crippen LogP contribution is 2.40. The number of hydrogen-bond acceptors (Lipinski definition) is 4. The topological polar surface area (TPSA) is 56.8 Å². The maximum absolute atomic E-state index is 12.4. The van der Waals surface area contributed by atoms with Crippen LogP contribution in [-0.4, -0.2) is 27.2 Å². The van der Waals surface area contributed by atoms with Crippen LogP contribution in [0, 0.1) is 13.8 Å². The second-order valence-corrected chi connectivity index (χ2v) is 5.17. The molecule has 1 amide bonds. The van der Waals surface area contributed by atoms with Gasteiger partial charge >= 0.3 is 0 Å². The molecule has 0 aliphatic rings. The van der Waals surface area contributed by atoms with Gasteiger partial charge in [0, 0.05) is 23.4 Å². The summed E-state index contributed by atoms with van der Waals surface area (Å²) in [5, 5.41) is 2.85. The molecule has 0 spiro atoms. The first-order valence-electron chi connectivity index (χ1n) is 7.18. The molecule has 0 heterocycles. The van der Waals surface area contributed by atoms with E-state index in [9.17, 15) is 4.79 Å². The number of nitrogens with one attached hydrogen (secondary N) is 1. The van der Waals surface area contributed by atoms with Gasteiger partial charge in [-0.1, -0.05) is 6.07 Å². The Kier molecular flexibility index (Phi) is 5.11. The summed E-state index contributed by atoms with van der Waals surface area (Å²) in [6.45, 7) is 3.99. The maximum Gasteiger partial charge on any atom is 0.255 e. The zero-order chi connectivity index (χ0) is 17.0. The molecule has 0 radical (unpaired) electrons. The third kappa shape index (κ3) is 3.56. The number of ether oxygens (including phenoxy) is 3. The van der Waals surface area contributed by atoms with Crippen molar-refractivity contribution in [2.75, 3.05) is 26.6 Å². The predicted molar refractivity (Wildman–Crippen MR) is 90.0 cm³/mol. The summed E-state index contributed by atoms with van der Waals surface area (Å²) in [6.07, 6.45) is 0. The van der Waals surface area contributed by atoms with Crippen LogP contribution in [0.1, 0.15) is 21.5 Å². The Morgan fingerprint density at radius 1 is 0.870 bits per heavy atom. The molecule has 23 heavy (non-hydrogen) atoms. The zero-order valence-electron chi connectivity index (χ0n) is 14.0. The second kappa shape index (κ2) is 7.05. The number of amides is 1. The molecule has 5 nitrogen and oxygen atoms in total. The monoisotopic (exact) mass is 315 g/mol. The number of anilines is 1. The first-order chi connectivity index (χ1) is 11.0. The van der Waals surface area contributed by atoms with E-state index in [4.69, 9.17) is 14.2 Å². The van der Waals surface area contributed by atoms with Crippen molar-refractivity contribution < 1.29 is 19.0 Å². The molecule has 5 heteroatoms. The van der Waals surface area contributed by atoms with Gasteiger partial charge in [-0.3, -0.25) is 4.79 Å². The summed E-state index contributed by atoms with van der Waals surface area (Å²) >= 11 is 0. The maximum atomic E-state index is 12.4. The molecule has 0 bridgehead atoms. The van der Waals surface area contributed by atoms with Gasteiger partial charge in [0.15, 0.2) is 11.5 Å². The summed E-state index contributed by atoms with van der Waals surface area (Å²) in [5.41, 5.74) is 3.39. The number of hydrogen-bond donors (Lipinski definition) is 1.